The van der Waals surface area contributed by atoms with Crippen molar-refractivity contribution in [3.05, 3.63) is 0 Å². The molecule has 0 bridgehead atoms. The maximum Gasteiger partial charge on any atom is 0.425 e. The molecule has 0 saturated carbocycles. The molecule has 42 valence electrons. The standard InChI is InChI=1S/C2H6N2O3/c1-6-4-7-2(3)5/h4H,1H3,(H2,3,5). The van der Waals surface area contributed by atoms with Gasteiger partial charge in [-0.1, -0.05) is 0 Å². The fourth-order valence-electron chi connectivity index (χ4n) is 0.0827. The van der Waals surface area contributed by atoms with Crippen LogP contribution in [0.4, 0.5) is 4.79 Å². The Hall–Kier alpha value is -0.810. The van der Waals surface area contributed by atoms with Crippen LogP contribution in [0.5, 0.6) is 0 Å². The number of carbonyl (C=O) groups excluding carboxylic acids is 1. The summed E-state index contributed by atoms with van der Waals surface area (Å²) in [6, 6.07) is 0. The van der Waals surface area contributed by atoms with Crippen LogP contribution in [0, 0.1) is 0 Å². The van der Waals surface area contributed by atoms with Gasteiger partial charge in [0.1, 0.15) is 0 Å². The molecule has 0 aromatic heterocycles. The number of primary amides is 1. The summed E-state index contributed by atoms with van der Waals surface area (Å²) in [7, 11) is 1.29. The molecule has 0 aliphatic carbocycles. The summed E-state index contributed by atoms with van der Waals surface area (Å²) in [4.78, 5) is 17.6. The third-order valence-corrected chi connectivity index (χ3v) is 0.226. The molecule has 7 heavy (non-hydrogen) atoms. The highest BCUT2D eigenvalue weighted by Gasteiger charge is 1.85. The first kappa shape index (κ1) is 6.19. The normalized spacial score (nSPS) is 8.14. The van der Waals surface area contributed by atoms with E-state index in [0.717, 1.165) is 0 Å². The fourth-order valence-corrected chi connectivity index (χ4v) is 0.0827. The molecule has 0 aromatic rings. The highest BCUT2D eigenvalue weighted by Crippen LogP contribution is 1.60. The molecule has 0 atom stereocenters. The van der Waals surface area contributed by atoms with E-state index in [2.05, 4.69) is 15.4 Å². The summed E-state index contributed by atoms with van der Waals surface area (Å²) in [5.41, 5.74) is 6.25. The maximum absolute atomic E-state index is 9.62. The molecule has 5 nitrogen and oxygen atoms in total. The Morgan fingerprint density at radius 2 is 2.43 bits per heavy atom. The van der Waals surface area contributed by atoms with Crippen LogP contribution in [0.1, 0.15) is 0 Å². The molecule has 1 amide bonds. The first-order chi connectivity index (χ1) is 3.27. The number of hydrogen-bond acceptors (Lipinski definition) is 4. The zero-order valence-electron chi connectivity index (χ0n) is 3.80. The van der Waals surface area contributed by atoms with Gasteiger partial charge in [-0.3, -0.25) is 4.84 Å². The minimum Gasteiger partial charge on any atom is -0.333 e. The van der Waals surface area contributed by atoms with Crippen LogP contribution in [-0.4, -0.2) is 13.2 Å². The Kier molecular flexibility index (Phi) is 2.99. The Morgan fingerprint density at radius 1 is 1.86 bits per heavy atom. The number of hydrogen-bond donors (Lipinski definition) is 2. The lowest BCUT2D eigenvalue weighted by atomic mass is 11.3. The molecule has 0 saturated heterocycles. The Balaban J connectivity index is 2.82. The molecular weight excluding hydrogens is 100 g/mol. The molecule has 0 unspecified atom stereocenters. The minimum absolute atomic E-state index is 0.929. The second-order valence-corrected chi connectivity index (χ2v) is 0.709. The van der Waals surface area contributed by atoms with Crippen LogP contribution in [0.2, 0.25) is 0 Å². The van der Waals surface area contributed by atoms with Gasteiger partial charge in [0, 0.05) is 0 Å². The van der Waals surface area contributed by atoms with E-state index in [1.165, 1.54) is 7.11 Å². The van der Waals surface area contributed by atoms with E-state index in [4.69, 9.17) is 0 Å². The predicted octanol–water partition coefficient (Wildman–Crippen LogP) is -0.852. The van der Waals surface area contributed by atoms with Crippen LogP contribution in [0.3, 0.4) is 0 Å². The van der Waals surface area contributed by atoms with Crippen molar-refractivity contribution in [2.75, 3.05) is 7.11 Å². The van der Waals surface area contributed by atoms with Gasteiger partial charge in [0.2, 0.25) is 0 Å². The van der Waals surface area contributed by atoms with Gasteiger partial charge in [0.05, 0.1) is 7.11 Å². The van der Waals surface area contributed by atoms with E-state index in [1.54, 1.807) is 5.64 Å². The van der Waals surface area contributed by atoms with E-state index in [1.807, 2.05) is 0 Å². The quantitative estimate of drug-likeness (QED) is 0.449. The smallest absolute Gasteiger partial charge is 0.333 e. The average molecular weight is 106 g/mol. The molecule has 0 radical (unpaired) electrons. The molecule has 5 heteroatoms. The summed E-state index contributed by atoms with van der Waals surface area (Å²) in [6.07, 6.45) is -0.929. The fraction of sp³-hybridized carbons (Fsp3) is 0.500. The topological polar surface area (TPSA) is 73.6 Å². The van der Waals surface area contributed by atoms with E-state index in [-0.39, 0.29) is 0 Å². The minimum atomic E-state index is -0.929. The van der Waals surface area contributed by atoms with Crippen LogP contribution in [-0.2, 0) is 9.68 Å². The SMILES string of the molecule is CONOC(N)=O. The summed E-state index contributed by atoms with van der Waals surface area (Å²) in [5, 5.41) is 0. The molecule has 0 aromatic carbocycles. The van der Waals surface area contributed by atoms with E-state index in [9.17, 15) is 4.79 Å². The van der Waals surface area contributed by atoms with E-state index in [0.29, 0.717) is 0 Å². The molecular formula is C2H6N2O3. The molecule has 0 rings (SSSR count). The zero-order chi connectivity index (χ0) is 5.70. The second kappa shape index (κ2) is 3.38. The summed E-state index contributed by atoms with van der Waals surface area (Å²) in [6.45, 7) is 0. The first-order valence-corrected chi connectivity index (χ1v) is 1.51. The molecule has 0 spiro atoms. The number of rotatable bonds is 2. The van der Waals surface area contributed by atoms with Crippen LogP contribution < -0.4 is 11.4 Å². The van der Waals surface area contributed by atoms with Crippen molar-refractivity contribution in [3.63, 3.8) is 0 Å². The van der Waals surface area contributed by atoms with Gasteiger partial charge >= 0.3 is 6.09 Å². The first-order valence-electron chi connectivity index (χ1n) is 1.51. The van der Waals surface area contributed by atoms with Gasteiger partial charge < -0.3 is 10.6 Å². The van der Waals surface area contributed by atoms with Crippen molar-refractivity contribution in [2.24, 2.45) is 5.73 Å². The number of nitrogens with two attached hydrogens (primary N) is 1. The monoisotopic (exact) mass is 106 g/mol. The zero-order valence-corrected chi connectivity index (χ0v) is 3.80. The van der Waals surface area contributed by atoms with Crippen LogP contribution >= 0.6 is 0 Å². The highest BCUT2D eigenvalue weighted by atomic mass is 16.9. The lowest BCUT2D eigenvalue weighted by Crippen LogP contribution is -2.23. The largest absolute Gasteiger partial charge is 0.425 e. The van der Waals surface area contributed by atoms with Crippen molar-refractivity contribution >= 4 is 6.09 Å². The van der Waals surface area contributed by atoms with Crippen LogP contribution in [0.15, 0.2) is 0 Å². The van der Waals surface area contributed by atoms with Gasteiger partial charge in [-0.2, -0.15) is 0 Å². The molecule has 0 fully saturated rings. The van der Waals surface area contributed by atoms with Crippen molar-refractivity contribution in [1.29, 1.82) is 0 Å². The predicted molar refractivity (Wildman–Crippen MR) is 20.8 cm³/mol. The van der Waals surface area contributed by atoms with Gasteiger partial charge in [0.15, 0.2) is 0 Å². The van der Waals surface area contributed by atoms with Crippen molar-refractivity contribution in [1.82, 2.24) is 5.64 Å². The Labute approximate surface area is 40.3 Å². The molecule has 0 aliphatic heterocycles. The van der Waals surface area contributed by atoms with Crippen molar-refractivity contribution < 1.29 is 14.5 Å². The molecule has 0 heterocycles. The molecule has 3 N–H and O–H groups in total. The van der Waals surface area contributed by atoms with Gasteiger partial charge in [-0.15, -0.1) is 0 Å². The summed E-state index contributed by atoms with van der Waals surface area (Å²) < 4.78 is 0. The maximum atomic E-state index is 9.62. The molecule has 0 aliphatic rings. The average Bonchev–Trinajstić information content (AvgIpc) is 1.61. The Bertz CT molecular complexity index is 64.0. The lowest BCUT2D eigenvalue weighted by molar-refractivity contribution is -0.104. The van der Waals surface area contributed by atoms with Crippen molar-refractivity contribution in [2.45, 2.75) is 0 Å². The summed E-state index contributed by atoms with van der Waals surface area (Å²) >= 11 is 0. The van der Waals surface area contributed by atoms with Gasteiger partial charge in [0.25, 0.3) is 0 Å². The highest BCUT2D eigenvalue weighted by molar-refractivity contribution is 5.64. The second-order valence-electron chi connectivity index (χ2n) is 0.709. The summed E-state index contributed by atoms with van der Waals surface area (Å²) in [5.74, 6) is 0. The van der Waals surface area contributed by atoms with Crippen LogP contribution in [0.25, 0.3) is 0 Å². The van der Waals surface area contributed by atoms with E-state index < -0.39 is 6.09 Å². The van der Waals surface area contributed by atoms with Gasteiger partial charge in [-0.25, -0.2) is 4.79 Å². The number of carbonyl (C=O) groups is 1. The third kappa shape index (κ3) is 5.19. The van der Waals surface area contributed by atoms with Crippen molar-refractivity contribution in [3.8, 4) is 0 Å². The lowest BCUT2D eigenvalue weighted by Gasteiger charge is -1.95. The number of nitrogens with one attached hydrogen (secondary N) is 1. The third-order valence-electron chi connectivity index (χ3n) is 0.226. The van der Waals surface area contributed by atoms with Gasteiger partial charge in [-0.05, 0) is 5.64 Å². The van der Waals surface area contributed by atoms with E-state index >= 15 is 0 Å². The Morgan fingerprint density at radius 3 is 2.57 bits per heavy atom. The number of amides is 1.